The van der Waals surface area contributed by atoms with Crippen LogP contribution in [0.15, 0.2) is 60.7 Å². The number of fused-ring (bicyclic) bond motifs is 1. The monoisotopic (exact) mass is 282 g/mol. The second-order valence-corrected chi connectivity index (χ2v) is 6.03. The van der Waals surface area contributed by atoms with Gasteiger partial charge >= 0.3 is 0 Å². The number of allylic oxidation sites excluding steroid dienone is 1. The Morgan fingerprint density at radius 1 is 1.00 bits per heavy atom. The SMILES string of the molecule is C=C1CCCc2ccccc2C1Cc1ccc(Cl)cc1. The highest BCUT2D eigenvalue weighted by Gasteiger charge is 2.21. The molecule has 0 spiro atoms. The summed E-state index contributed by atoms with van der Waals surface area (Å²) in [6.07, 6.45) is 4.54. The van der Waals surface area contributed by atoms with Crippen molar-refractivity contribution in [2.75, 3.05) is 0 Å². The lowest BCUT2D eigenvalue weighted by atomic mass is 9.85. The Hall–Kier alpha value is -1.53. The van der Waals surface area contributed by atoms with E-state index >= 15 is 0 Å². The maximum Gasteiger partial charge on any atom is 0.0406 e. The van der Waals surface area contributed by atoms with Crippen molar-refractivity contribution >= 4 is 11.6 Å². The first kappa shape index (κ1) is 13.5. The quantitative estimate of drug-likeness (QED) is 0.500. The van der Waals surface area contributed by atoms with Gasteiger partial charge in [-0.2, -0.15) is 0 Å². The fourth-order valence-corrected chi connectivity index (χ4v) is 3.24. The molecule has 0 N–H and O–H groups in total. The summed E-state index contributed by atoms with van der Waals surface area (Å²) < 4.78 is 0. The fourth-order valence-electron chi connectivity index (χ4n) is 3.11. The zero-order valence-electron chi connectivity index (χ0n) is 11.6. The highest BCUT2D eigenvalue weighted by molar-refractivity contribution is 6.30. The van der Waals surface area contributed by atoms with Crippen molar-refractivity contribution in [1.82, 2.24) is 0 Å². The summed E-state index contributed by atoms with van der Waals surface area (Å²) in [7, 11) is 0. The van der Waals surface area contributed by atoms with Gasteiger partial charge in [0.25, 0.3) is 0 Å². The van der Waals surface area contributed by atoms with Crippen LogP contribution in [0, 0.1) is 0 Å². The molecule has 3 rings (SSSR count). The van der Waals surface area contributed by atoms with Crippen LogP contribution in [0.4, 0.5) is 0 Å². The van der Waals surface area contributed by atoms with Gasteiger partial charge in [-0.05, 0) is 54.5 Å². The van der Waals surface area contributed by atoms with E-state index in [2.05, 4.69) is 43.0 Å². The van der Waals surface area contributed by atoms with Crippen LogP contribution in [0.3, 0.4) is 0 Å². The van der Waals surface area contributed by atoms with E-state index < -0.39 is 0 Å². The molecule has 0 bridgehead atoms. The molecule has 0 nitrogen and oxygen atoms in total. The summed E-state index contributed by atoms with van der Waals surface area (Å²) in [5.74, 6) is 0.440. The van der Waals surface area contributed by atoms with E-state index in [1.54, 1.807) is 0 Å². The van der Waals surface area contributed by atoms with Gasteiger partial charge in [0.05, 0.1) is 0 Å². The van der Waals surface area contributed by atoms with E-state index in [0.717, 1.165) is 17.9 Å². The van der Waals surface area contributed by atoms with Gasteiger partial charge in [-0.1, -0.05) is 60.2 Å². The van der Waals surface area contributed by atoms with Crippen molar-refractivity contribution < 1.29 is 0 Å². The van der Waals surface area contributed by atoms with Crippen LogP contribution in [0.2, 0.25) is 5.02 Å². The molecule has 2 aromatic rings. The molecule has 0 amide bonds. The van der Waals surface area contributed by atoms with Gasteiger partial charge in [-0.3, -0.25) is 0 Å². The molecule has 0 fully saturated rings. The molecule has 102 valence electrons. The van der Waals surface area contributed by atoms with Crippen LogP contribution >= 0.6 is 11.6 Å². The van der Waals surface area contributed by atoms with E-state index in [4.69, 9.17) is 11.6 Å². The lowest BCUT2D eigenvalue weighted by Gasteiger charge is -2.20. The van der Waals surface area contributed by atoms with Crippen LogP contribution < -0.4 is 0 Å². The third kappa shape index (κ3) is 2.81. The Labute approximate surface area is 126 Å². The Bertz CT molecular complexity index is 610. The van der Waals surface area contributed by atoms with Crippen LogP contribution in [0.1, 0.15) is 35.4 Å². The van der Waals surface area contributed by atoms with E-state index in [1.165, 1.54) is 35.1 Å². The number of hydrogen-bond donors (Lipinski definition) is 0. The second-order valence-electron chi connectivity index (χ2n) is 5.59. The first-order chi connectivity index (χ1) is 9.74. The molecule has 1 unspecified atom stereocenters. The third-order valence-electron chi connectivity index (χ3n) is 4.22. The minimum atomic E-state index is 0.440. The van der Waals surface area contributed by atoms with Gasteiger partial charge in [-0.15, -0.1) is 0 Å². The average molecular weight is 283 g/mol. The number of rotatable bonds is 2. The Morgan fingerprint density at radius 2 is 1.75 bits per heavy atom. The number of halogens is 1. The summed E-state index contributed by atoms with van der Waals surface area (Å²) in [5, 5.41) is 0.800. The van der Waals surface area contributed by atoms with Gasteiger partial charge in [0.1, 0.15) is 0 Å². The van der Waals surface area contributed by atoms with Gasteiger partial charge in [0.2, 0.25) is 0 Å². The van der Waals surface area contributed by atoms with Crippen LogP contribution in [0.25, 0.3) is 0 Å². The third-order valence-corrected chi connectivity index (χ3v) is 4.47. The molecule has 2 aromatic carbocycles. The average Bonchev–Trinajstić information content (AvgIpc) is 2.62. The smallest absolute Gasteiger partial charge is 0.0406 e. The van der Waals surface area contributed by atoms with Crippen LogP contribution in [-0.2, 0) is 12.8 Å². The molecule has 1 aliphatic rings. The molecule has 1 heteroatoms. The fraction of sp³-hybridized carbons (Fsp3) is 0.263. The predicted molar refractivity (Wildman–Crippen MR) is 86.4 cm³/mol. The van der Waals surface area contributed by atoms with Crippen molar-refractivity contribution in [2.45, 2.75) is 31.6 Å². The van der Waals surface area contributed by atoms with Crippen molar-refractivity contribution in [2.24, 2.45) is 0 Å². The van der Waals surface area contributed by atoms with Crippen LogP contribution in [-0.4, -0.2) is 0 Å². The predicted octanol–water partition coefficient (Wildman–Crippen LogP) is 5.56. The highest BCUT2D eigenvalue weighted by atomic mass is 35.5. The lowest BCUT2D eigenvalue weighted by Crippen LogP contribution is -2.06. The molecular weight excluding hydrogens is 264 g/mol. The normalized spacial score (nSPS) is 18.4. The first-order valence-electron chi connectivity index (χ1n) is 7.24. The molecule has 0 aliphatic heterocycles. The zero-order valence-corrected chi connectivity index (χ0v) is 12.4. The molecule has 0 heterocycles. The number of hydrogen-bond acceptors (Lipinski definition) is 0. The molecule has 20 heavy (non-hydrogen) atoms. The summed E-state index contributed by atoms with van der Waals surface area (Å²) in [6, 6.07) is 17.0. The molecule has 1 aliphatic carbocycles. The number of benzene rings is 2. The van der Waals surface area contributed by atoms with E-state index in [1.807, 2.05) is 12.1 Å². The van der Waals surface area contributed by atoms with Crippen molar-refractivity contribution in [3.63, 3.8) is 0 Å². The standard InChI is InChI=1S/C19H19Cl/c1-14-5-4-7-16-6-2-3-8-18(16)19(14)13-15-9-11-17(20)12-10-15/h2-3,6,8-12,19H,1,4-5,7,13H2. The van der Waals surface area contributed by atoms with E-state index in [9.17, 15) is 0 Å². The minimum Gasteiger partial charge on any atom is -0.0992 e. The maximum atomic E-state index is 5.97. The highest BCUT2D eigenvalue weighted by Crippen LogP contribution is 2.36. The summed E-state index contributed by atoms with van der Waals surface area (Å²) in [5.41, 5.74) is 5.65. The van der Waals surface area contributed by atoms with Crippen molar-refractivity contribution in [3.05, 3.63) is 82.4 Å². The molecule has 0 radical (unpaired) electrons. The van der Waals surface area contributed by atoms with Gasteiger partial charge in [-0.25, -0.2) is 0 Å². The minimum absolute atomic E-state index is 0.440. The van der Waals surface area contributed by atoms with E-state index in [-0.39, 0.29) is 0 Å². The summed E-state index contributed by atoms with van der Waals surface area (Å²) in [6.45, 7) is 4.34. The summed E-state index contributed by atoms with van der Waals surface area (Å²) >= 11 is 5.97. The lowest BCUT2D eigenvalue weighted by molar-refractivity contribution is 0.742. The molecule has 0 saturated heterocycles. The topological polar surface area (TPSA) is 0 Å². The molecule has 1 atom stereocenters. The van der Waals surface area contributed by atoms with E-state index in [0.29, 0.717) is 5.92 Å². The summed E-state index contributed by atoms with van der Waals surface area (Å²) in [4.78, 5) is 0. The van der Waals surface area contributed by atoms with Gasteiger partial charge in [0, 0.05) is 10.9 Å². The molecule has 0 saturated carbocycles. The largest absolute Gasteiger partial charge is 0.0992 e. The molecule has 0 aromatic heterocycles. The Balaban J connectivity index is 1.94. The van der Waals surface area contributed by atoms with Crippen LogP contribution in [0.5, 0.6) is 0 Å². The second kappa shape index (κ2) is 5.85. The van der Waals surface area contributed by atoms with Crippen molar-refractivity contribution in [1.29, 1.82) is 0 Å². The molecular formula is C19H19Cl. The van der Waals surface area contributed by atoms with Gasteiger partial charge in [0.15, 0.2) is 0 Å². The maximum absolute atomic E-state index is 5.97. The Kier molecular flexibility index (Phi) is 3.93. The van der Waals surface area contributed by atoms with Gasteiger partial charge < -0.3 is 0 Å². The Morgan fingerprint density at radius 3 is 2.55 bits per heavy atom. The zero-order chi connectivity index (χ0) is 13.9. The first-order valence-corrected chi connectivity index (χ1v) is 7.62. The number of aryl methyl sites for hydroxylation is 1. The van der Waals surface area contributed by atoms with Crippen molar-refractivity contribution in [3.8, 4) is 0 Å².